The number of carbonyl (C=O) groups is 1. The molecule has 0 aliphatic heterocycles. The van der Waals surface area contributed by atoms with E-state index in [-0.39, 0.29) is 34.1 Å². The van der Waals surface area contributed by atoms with Crippen LogP contribution < -0.4 is 14.8 Å². The number of sulfonamides is 1. The monoisotopic (exact) mass is 493 g/mol. The summed E-state index contributed by atoms with van der Waals surface area (Å²) >= 11 is 0. The number of anilines is 1. The first-order valence-electron chi connectivity index (χ1n) is 10.1. The van der Waals surface area contributed by atoms with Gasteiger partial charge in [0, 0.05) is 29.6 Å². The second-order valence-electron chi connectivity index (χ2n) is 7.48. The largest absolute Gasteiger partial charge is 0.468 e. The van der Waals surface area contributed by atoms with E-state index in [1.165, 1.54) is 48.7 Å². The van der Waals surface area contributed by atoms with Gasteiger partial charge in [-0.25, -0.2) is 13.4 Å². The molecule has 0 aliphatic carbocycles. The molecule has 3 aromatic rings. The SMILES string of the molecule is Cc1ccc(S(=O)(=O)Nc2ccc(C(=O)NCc3cccnc3OCC(F)(F)F)cc2)cc1C. The van der Waals surface area contributed by atoms with Gasteiger partial charge in [-0.15, -0.1) is 0 Å². The Kier molecular flexibility index (Phi) is 7.45. The summed E-state index contributed by atoms with van der Waals surface area (Å²) in [5.41, 5.74) is 2.59. The van der Waals surface area contributed by atoms with Crippen molar-refractivity contribution in [3.8, 4) is 5.88 Å². The van der Waals surface area contributed by atoms with Gasteiger partial charge >= 0.3 is 6.18 Å². The molecule has 0 bridgehead atoms. The number of pyridine rings is 1. The van der Waals surface area contributed by atoms with Crippen LogP contribution in [0.2, 0.25) is 0 Å². The highest BCUT2D eigenvalue weighted by Gasteiger charge is 2.29. The smallest absolute Gasteiger partial charge is 0.422 e. The fourth-order valence-corrected chi connectivity index (χ4v) is 4.04. The lowest BCUT2D eigenvalue weighted by Crippen LogP contribution is -2.24. The van der Waals surface area contributed by atoms with E-state index in [1.807, 2.05) is 13.8 Å². The Morgan fingerprint density at radius 2 is 1.74 bits per heavy atom. The molecule has 180 valence electrons. The minimum Gasteiger partial charge on any atom is -0.468 e. The number of amides is 1. The molecule has 1 aromatic heterocycles. The Bertz CT molecular complexity index is 1280. The Balaban J connectivity index is 1.63. The predicted octanol–water partition coefficient (Wildman–Crippen LogP) is 4.37. The third-order valence-electron chi connectivity index (χ3n) is 4.85. The standard InChI is InChI=1S/C23H22F3N3O4S/c1-15-5-10-20(12-16(15)2)34(31,32)29-19-8-6-17(7-9-19)21(30)28-13-18-4-3-11-27-22(18)33-14-23(24,25)26/h3-12,29H,13-14H2,1-2H3,(H,28,30). The molecule has 11 heteroatoms. The number of nitrogens with zero attached hydrogens (tertiary/aromatic N) is 1. The van der Waals surface area contributed by atoms with Crippen LogP contribution in [0.25, 0.3) is 0 Å². The van der Waals surface area contributed by atoms with Gasteiger partial charge in [0.2, 0.25) is 5.88 Å². The van der Waals surface area contributed by atoms with Crippen molar-refractivity contribution in [1.82, 2.24) is 10.3 Å². The number of alkyl halides is 3. The van der Waals surface area contributed by atoms with Crippen molar-refractivity contribution >= 4 is 21.6 Å². The van der Waals surface area contributed by atoms with Crippen molar-refractivity contribution in [2.24, 2.45) is 0 Å². The van der Waals surface area contributed by atoms with Crippen LogP contribution in [0.1, 0.15) is 27.0 Å². The van der Waals surface area contributed by atoms with Crippen LogP contribution in [0.5, 0.6) is 5.88 Å². The number of ether oxygens (including phenoxy) is 1. The van der Waals surface area contributed by atoms with E-state index in [0.29, 0.717) is 0 Å². The van der Waals surface area contributed by atoms with E-state index in [1.54, 1.807) is 12.1 Å². The maximum Gasteiger partial charge on any atom is 0.422 e. The summed E-state index contributed by atoms with van der Waals surface area (Å²) in [6.07, 6.45) is -3.23. The summed E-state index contributed by atoms with van der Waals surface area (Å²) in [6.45, 7) is 2.10. The van der Waals surface area contributed by atoms with Gasteiger partial charge < -0.3 is 10.1 Å². The number of carbonyl (C=O) groups excluding carboxylic acids is 1. The van der Waals surface area contributed by atoms with E-state index in [0.717, 1.165) is 11.1 Å². The summed E-state index contributed by atoms with van der Waals surface area (Å²) in [6, 6.07) is 13.5. The summed E-state index contributed by atoms with van der Waals surface area (Å²) in [7, 11) is -3.80. The lowest BCUT2D eigenvalue weighted by Gasteiger charge is -2.13. The van der Waals surface area contributed by atoms with Crippen molar-refractivity contribution < 1.29 is 31.1 Å². The average molecular weight is 494 g/mol. The van der Waals surface area contributed by atoms with Crippen LogP contribution in [0, 0.1) is 13.8 Å². The molecule has 0 spiro atoms. The third kappa shape index (κ3) is 6.70. The Morgan fingerprint density at radius 3 is 2.38 bits per heavy atom. The molecule has 1 amide bonds. The van der Waals surface area contributed by atoms with Crippen LogP contribution >= 0.6 is 0 Å². The second kappa shape index (κ2) is 10.1. The van der Waals surface area contributed by atoms with Gasteiger partial charge in [-0.1, -0.05) is 12.1 Å². The van der Waals surface area contributed by atoms with Crippen LogP contribution in [0.4, 0.5) is 18.9 Å². The van der Waals surface area contributed by atoms with Crippen LogP contribution in [0.15, 0.2) is 65.7 Å². The number of hydrogen-bond donors (Lipinski definition) is 2. The minimum atomic E-state index is -4.51. The molecule has 2 N–H and O–H groups in total. The number of aromatic nitrogens is 1. The van der Waals surface area contributed by atoms with Crippen LogP contribution in [0.3, 0.4) is 0 Å². The Morgan fingerprint density at radius 1 is 1.03 bits per heavy atom. The maximum atomic E-state index is 12.6. The van der Waals surface area contributed by atoms with Gasteiger partial charge in [-0.05, 0) is 67.4 Å². The Hall–Kier alpha value is -3.60. The number of rotatable bonds is 8. The van der Waals surface area contributed by atoms with Crippen molar-refractivity contribution in [2.75, 3.05) is 11.3 Å². The van der Waals surface area contributed by atoms with Gasteiger partial charge in [0.1, 0.15) is 0 Å². The van der Waals surface area contributed by atoms with Gasteiger partial charge in [-0.2, -0.15) is 13.2 Å². The van der Waals surface area contributed by atoms with Gasteiger partial charge in [0.15, 0.2) is 6.61 Å². The molecule has 0 unspecified atom stereocenters. The highest BCUT2D eigenvalue weighted by Crippen LogP contribution is 2.21. The Labute approximate surface area is 195 Å². The summed E-state index contributed by atoms with van der Waals surface area (Å²) < 4.78 is 69.6. The number of hydrogen-bond acceptors (Lipinski definition) is 5. The van der Waals surface area contributed by atoms with E-state index >= 15 is 0 Å². The molecule has 34 heavy (non-hydrogen) atoms. The number of halogens is 3. The molecular weight excluding hydrogens is 471 g/mol. The van der Waals surface area contributed by atoms with Gasteiger partial charge in [-0.3, -0.25) is 9.52 Å². The molecule has 2 aromatic carbocycles. The first kappa shape index (κ1) is 25.0. The van der Waals surface area contributed by atoms with E-state index in [2.05, 4.69) is 15.0 Å². The molecule has 0 aliphatic rings. The first-order valence-corrected chi connectivity index (χ1v) is 11.5. The van der Waals surface area contributed by atoms with Crippen molar-refractivity contribution in [3.63, 3.8) is 0 Å². The van der Waals surface area contributed by atoms with E-state index in [9.17, 15) is 26.4 Å². The van der Waals surface area contributed by atoms with Crippen molar-refractivity contribution in [3.05, 3.63) is 83.0 Å². The lowest BCUT2D eigenvalue weighted by atomic mass is 10.1. The molecular formula is C23H22F3N3O4S. The number of aryl methyl sites for hydroxylation is 2. The zero-order valence-electron chi connectivity index (χ0n) is 18.3. The van der Waals surface area contributed by atoms with E-state index < -0.39 is 28.7 Å². The zero-order valence-corrected chi connectivity index (χ0v) is 19.1. The quantitative estimate of drug-likeness (QED) is 0.486. The molecule has 0 radical (unpaired) electrons. The number of nitrogens with one attached hydrogen (secondary N) is 2. The fourth-order valence-electron chi connectivity index (χ4n) is 2.90. The van der Waals surface area contributed by atoms with Crippen molar-refractivity contribution in [1.29, 1.82) is 0 Å². The molecule has 3 rings (SSSR count). The minimum absolute atomic E-state index is 0.110. The van der Waals surface area contributed by atoms with Gasteiger partial charge in [0.25, 0.3) is 15.9 Å². The lowest BCUT2D eigenvalue weighted by molar-refractivity contribution is -0.154. The fraction of sp³-hybridized carbons (Fsp3) is 0.217. The van der Waals surface area contributed by atoms with Crippen molar-refractivity contribution in [2.45, 2.75) is 31.5 Å². The maximum absolute atomic E-state index is 12.6. The van der Waals surface area contributed by atoms with E-state index in [4.69, 9.17) is 4.74 Å². The summed E-state index contributed by atoms with van der Waals surface area (Å²) in [4.78, 5) is 16.3. The average Bonchev–Trinajstić information content (AvgIpc) is 2.78. The third-order valence-corrected chi connectivity index (χ3v) is 6.23. The predicted molar refractivity (Wildman–Crippen MR) is 120 cm³/mol. The molecule has 0 atom stereocenters. The van der Waals surface area contributed by atoms with Gasteiger partial charge in [0.05, 0.1) is 4.90 Å². The normalized spacial score (nSPS) is 11.7. The molecule has 0 saturated heterocycles. The number of benzene rings is 2. The second-order valence-corrected chi connectivity index (χ2v) is 9.17. The van der Waals surface area contributed by atoms with Crippen LogP contribution in [-0.2, 0) is 16.6 Å². The molecule has 0 fully saturated rings. The molecule has 1 heterocycles. The summed E-state index contributed by atoms with van der Waals surface area (Å²) in [5, 5.41) is 2.58. The highest BCUT2D eigenvalue weighted by molar-refractivity contribution is 7.92. The molecule has 0 saturated carbocycles. The topological polar surface area (TPSA) is 97.4 Å². The highest BCUT2D eigenvalue weighted by atomic mass is 32.2. The van der Waals surface area contributed by atoms with Crippen LogP contribution in [-0.4, -0.2) is 32.1 Å². The molecule has 7 nitrogen and oxygen atoms in total. The summed E-state index contributed by atoms with van der Waals surface area (Å²) in [5.74, 6) is -0.731. The first-order chi connectivity index (χ1) is 15.9. The zero-order chi connectivity index (χ0) is 24.9.